The van der Waals surface area contributed by atoms with Crippen LogP contribution in [0.4, 0.5) is 5.82 Å². The zero-order valence-corrected chi connectivity index (χ0v) is 17.0. The van der Waals surface area contributed by atoms with Gasteiger partial charge in [-0.05, 0) is 19.1 Å². The molecule has 0 fully saturated rings. The van der Waals surface area contributed by atoms with Gasteiger partial charge in [0, 0.05) is 17.7 Å². The first-order valence-corrected chi connectivity index (χ1v) is 10.6. The van der Waals surface area contributed by atoms with E-state index in [1.807, 2.05) is 30.3 Å². The molecule has 1 N–H and O–H groups in total. The van der Waals surface area contributed by atoms with Gasteiger partial charge in [-0.25, -0.2) is 4.98 Å². The van der Waals surface area contributed by atoms with Gasteiger partial charge in [-0.1, -0.05) is 42.0 Å². The number of benzene rings is 1. The molecule has 3 heterocycles. The fraction of sp³-hybridized carbons (Fsp3) is 0.263. The number of rotatable bonds is 5. The van der Waals surface area contributed by atoms with E-state index < -0.39 is 0 Å². The van der Waals surface area contributed by atoms with Crippen molar-refractivity contribution in [3.8, 4) is 5.69 Å². The molecule has 1 aliphatic rings. The summed E-state index contributed by atoms with van der Waals surface area (Å²) in [5.74, 6) is 0.853. The second-order valence-electron chi connectivity index (χ2n) is 6.44. The highest BCUT2D eigenvalue weighted by atomic mass is 32.2. The van der Waals surface area contributed by atoms with Crippen molar-refractivity contribution >= 4 is 35.2 Å². The number of thioether (sulfide) groups is 2. The van der Waals surface area contributed by atoms with Gasteiger partial charge in [0.2, 0.25) is 5.91 Å². The van der Waals surface area contributed by atoms with Crippen LogP contribution in [0, 0.1) is 6.92 Å². The Labute approximate surface area is 169 Å². The van der Waals surface area contributed by atoms with Crippen molar-refractivity contribution in [1.29, 1.82) is 0 Å². The van der Waals surface area contributed by atoms with Crippen LogP contribution in [-0.2, 0) is 11.2 Å². The number of hydrogen-bond donors (Lipinski definition) is 1. The smallest absolute Gasteiger partial charge is 0.272 e. The van der Waals surface area contributed by atoms with Crippen LogP contribution in [-0.4, -0.2) is 31.6 Å². The second-order valence-corrected chi connectivity index (χ2v) is 8.83. The number of aromatic nitrogens is 3. The standard InChI is InChI=1S/C19H18N4O3S2/c1-11-8-15(22-26-11)21-16(24)10-27-19-20-14-9-12(2)28-17(14)18(25)23(19)13-6-4-3-5-7-13/h3-8,12H,9-10H2,1-2H3,(H,21,22,24)/t12-/m1/s1. The third-order valence-corrected chi connectivity index (χ3v) is 6.28. The second kappa shape index (κ2) is 7.84. The normalized spacial score (nSPS) is 15.4. The monoisotopic (exact) mass is 414 g/mol. The van der Waals surface area contributed by atoms with E-state index in [1.165, 1.54) is 11.8 Å². The fourth-order valence-electron chi connectivity index (χ4n) is 2.94. The number of anilines is 1. The molecule has 9 heteroatoms. The molecule has 7 nitrogen and oxygen atoms in total. The number of hydrogen-bond acceptors (Lipinski definition) is 7. The number of carbonyl (C=O) groups is 1. The molecule has 0 saturated carbocycles. The van der Waals surface area contributed by atoms with E-state index >= 15 is 0 Å². The minimum absolute atomic E-state index is 0.0828. The quantitative estimate of drug-likeness (QED) is 0.506. The maximum absolute atomic E-state index is 13.1. The van der Waals surface area contributed by atoms with Crippen molar-refractivity contribution in [2.24, 2.45) is 0 Å². The largest absolute Gasteiger partial charge is 0.360 e. The Bertz CT molecular complexity index is 1080. The van der Waals surface area contributed by atoms with Gasteiger partial charge in [-0.15, -0.1) is 11.8 Å². The fourth-order valence-corrected chi connectivity index (χ4v) is 4.86. The van der Waals surface area contributed by atoms with Gasteiger partial charge in [0.25, 0.3) is 5.56 Å². The lowest BCUT2D eigenvalue weighted by atomic mass is 10.2. The Balaban J connectivity index is 1.62. The number of para-hydroxylation sites is 1. The number of nitrogens with one attached hydrogen (secondary N) is 1. The molecule has 3 aromatic rings. The average Bonchev–Trinajstić information content (AvgIpc) is 3.25. The Morgan fingerprint density at radius 3 is 2.89 bits per heavy atom. The van der Waals surface area contributed by atoms with Crippen LogP contribution < -0.4 is 10.9 Å². The highest BCUT2D eigenvalue weighted by Gasteiger charge is 2.27. The van der Waals surface area contributed by atoms with E-state index in [0.717, 1.165) is 17.8 Å². The van der Waals surface area contributed by atoms with Crippen molar-refractivity contribution in [2.75, 3.05) is 11.1 Å². The van der Waals surface area contributed by atoms with Crippen LogP contribution in [0.1, 0.15) is 18.4 Å². The van der Waals surface area contributed by atoms with Crippen molar-refractivity contribution in [1.82, 2.24) is 14.7 Å². The van der Waals surface area contributed by atoms with Gasteiger partial charge < -0.3 is 9.84 Å². The molecule has 28 heavy (non-hydrogen) atoms. The van der Waals surface area contributed by atoms with Gasteiger partial charge in [0.15, 0.2) is 11.0 Å². The van der Waals surface area contributed by atoms with Crippen LogP contribution in [0.3, 0.4) is 0 Å². The molecule has 0 bridgehead atoms. The SMILES string of the molecule is Cc1cc(NC(=O)CSc2nc3c(c(=O)n2-c2ccccc2)S[C@H](C)C3)no1. The molecule has 0 spiro atoms. The predicted molar refractivity (Wildman–Crippen MR) is 109 cm³/mol. The molecule has 0 saturated heterocycles. The summed E-state index contributed by atoms with van der Waals surface area (Å²) in [5, 5.41) is 7.27. The first-order chi connectivity index (χ1) is 13.5. The third kappa shape index (κ3) is 3.85. The summed E-state index contributed by atoms with van der Waals surface area (Å²) < 4.78 is 6.54. The third-order valence-electron chi connectivity index (χ3n) is 4.12. The summed E-state index contributed by atoms with van der Waals surface area (Å²) in [4.78, 5) is 30.8. The van der Waals surface area contributed by atoms with Crippen LogP contribution in [0.15, 0.2) is 55.8 Å². The molecule has 144 valence electrons. The molecule has 4 rings (SSSR count). The van der Waals surface area contributed by atoms with Crippen LogP contribution >= 0.6 is 23.5 Å². The molecule has 1 aliphatic heterocycles. The lowest BCUT2D eigenvalue weighted by Crippen LogP contribution is -2.24. The summed E-state index contributed by atoms with van der Waals surface area (Å²) in [6.07, 6.45) is 0.753. The van der Waals surface area contributed by atoms with Crippen molar-refractivity contribution in [3.63, 3.8) is 0 Å². The Kier molecular flexibility index (Phi) is 5.27. The maximum atomic E-state index is 13.1. The highest BCUT2D eigenvalue weighted by Crippen LogP contribution is 2.34. The molecule has 0 unspecified atom stereocenters. The number of nitrogens with zero attached hydrogens (tertiary/aromatic N) is 3. The molecule has 0 aliphatic carbocycles. The summed E-state index contributed by atoms with van der Waals surface area (Å²) in [6, 6.07) is 11.0. The van der Waals surface area contributed by atoms with Gasteiger partial charge in [0.05, 0.1) is 22.0 Å². The zero-order chi connectivity index (χ0) is 19.7. The van der Waals surface area contributed by atoms with Crippen molar-refractivity contribution in [3.05, 3.63) is 58.2 Å². The van der Waals surface area contributed by atoms with Gasteiger partial charge in [-0.3, -0.25) is 14.2 Å². The van der Waals surface area contributed by atoms with Gasteiger partial charge in [0.1, 0.15) is 5.76 Å². The van der Waals surface area contributed by atoms with E-state index in [1.54, 1.807) is 29.3 Å². The van der Waals surface area contributed by atoms with Crippen LogP contribution in [0.2, 0.25) is 0 Å². The minimum Gasteiger partial charge on any atom is -0.360 e. The molecular formula is C19H18N4O3S2. The van der Waals surface area contributed by atoms with E-state index in [-0.39, 0.29) is 17.2 Å². The van der Waals surface area contributed by atoms with E-state index in [9.17, 15) is 9.59 Å². The Hall–Kier alpha value is -2.52. The number of amides is 1. The lowest BCUT2D eigenvalue weighted by Gasteiger charge is -2.13. The molecule has 2 aromatic heterocycles. The summed E-state index contributed by atoms with van der Waals surface area (Å²) >= 11 is 2.79. The highest BCUT2D eigenvalue weighted by molar-refractivity contribution is 8.00. The Morgan fingerprint density at radius 1 is 1.39 bits per heavy atom. The lowest BCUT2D eigenvalue weighted by molar-refractivity contribution is -0.113. The maximum Gasteiger partial charge on any atom is 0.272 e. The van der Waals surface area contributed by atoms with Crippen LogP contribution in [0.25, 0.3) is 5.69 Å². The molecule has 1 atom stereocenters. The van der Waals surface area contributed by atoms with Gasteiger partial charge >= 0.3 is 0 Å². The predicted octanol–water partition coefficient (Wildman–Crippen LogP) is 3.30. The topological polar surface area (TPSA) is 90.0 Å². The summed E-state index contributed by atoms with van der Waals surface area (Å²) in [5.41, 5.74) is 1.46. The summed E-state index contributed by atoms with van der Waals surface area (Å²) in [7, 11) is 0. The minimum atomic E-state index is -0.240. The van der Waals surface area contributed by atoms with Crippen molar-refractivity contribution in [2.45, 2.75) is 35.6 Å². The number of carbonyl (C=O) groups excluding carboxylic acids is 1. The molecule has 1 aromatic carbocycles. The number of fused-ring (bicyclic) bond motifs is 1. The zero-order valence-electron chi connectivity index (χ0n) is 15.3. The summed E-state index contributed by atoms with van der Waals surface area (Å²) in [6.45, 7) is 3.84. The van der Waals surface area contributed by atoms with E-state index in [2.05, 4.69) is 17.4 Å². The van der Waals surface area contributed by atoms with Gasteiger partial charge in [-0.2, -0.15) is 0 Å². The first-order valence-electron chi connectivity index (χ1n) is 8.75. The van der Waals surface area contributed by atoms with E-state index in [4.69, 9.17) is 9.51 Å². The molecular weight excluding hydrogens is 396 g/mol. The average molecular weight is 415 g/mol. The molecule has 1 amide bonds. The Morgan fingerprint density at radius 2 is 2.18 bits per heavy atom. The molecule has 0 radical (unpaired) electrons. The van der Waals surface area contributed by atoms with Crippen molar-refractivity contribution < 1.29 is 9.32 Å². The van der Waals surface area contributed by atoms with E-state index in [0.29, 0.717) is 26.9 Å². The first kappa shape index (κ1) is 18.8. The van der Waals surface area contributed by atoms with Crippen LogP contribution in [0.5, 0.6) is 0 Å². The number of aryl methyl sites for hydroxylation is 1.